The van der Waals surface area contributed by atoms with Crippen molar-refractivity contribution in [1.82, 2.24) is 9.78 Å². The molecule has 0 saturated carbocycles. The van der Waals surface area contributed by atoms with E-state index in [2.05, 4.69) is 27.1 Å². The molecular weight excluding hydrogens is 292 g/mol. The van der Waals surface area contributed by atoms with E-state index in [9.17, 15) is 5.26 Å². The number of rotatable bonds is 2. The summed E-state index contributed by atoms with van der Waals surface area (Å²) in [6, 6.07) is 9.71. The van der Waals surface area contributed by atoms with Gasteiger partial charge in [-0.1, -0.05) is 29.8 Å². The Bertz CT molecular complexity index is 605. The maximum Gasteiger partial charge on any atom is 0.167 e. The Morgan fingerprint density at radius 1 is 1.33 bits per heavy atom. The van der Waals surface area contributed by atoms with Crippen molar-refractivity contribution in [2.24, 2.45) is 0 Å². The summed E-state index contributed by atoms with van der Waals surface area (Å²) < 4.78 is 2.57. The highest BCUT2D eigenvalue weighted by molar-refractivity contribution is 9.10. The van der Waals surface area contributed by atoms with Gasteiger partial charge in [-0.2, -0.15) is 10.4 Å². The standard InChI is InChI=1S/C13H13BrN4/c1-8(2)13-12(16)11(7-15)18(17-13)10-5-3-9(14)4-6-10/h3-6,8H,16H2,1-2H3. The van der Waals surface area contributed by atoms with Crippen LogP contribution in [0.4, 0.5) is 5.69 Å². The van der Waals surface area contributed by atoms with E-state index in [1.807, 2.05) is 38.1 Å². The maximum absolute atomic E-state index is 9.21. The lowest BCUT2D eigenvalue weighted by Crippen LogP contribution is -2.00. The van der Waals surface area contributed by atoms with E-state index in [0.717, 1.165) is 15.9 Å². The molecule has 0 amide bonds. The van der Waals surface area contributed by atoms with Gasteiger partial charge in [-0.3, -0.25) is 0 Å². The van der Waals surface area contributed by atoms with Crippen LogP contribution in [-0.2, 0) is 0 Å². The Hall–Kier alpha value is -1.80. The number of benzene rings is 1. The molecule has 0 aliphatic carbocycles. The van der Waals surface area contributed by atoms with Gasteiger partial charge in [-0.05, 0) is 30.2 Å². The fraction of sp³-hybridized carbons (Fsp3) is 0.231. The highest BCUT2D eigenvalue weighted by Crippen LogP contribution is 2.26. The highest BCUT2D eigenvalue weighted by atomic mass is 79.9. The summed E-state index contributed by atoms with van der Waals surface area (Å²) in [6.45, 7) is 4.01. The molecule has 0 bridgehead atoms. The first kappa shape index (κ1) is 12.7. The molecule has 92 valence electrons. The highest BCUT2D eigenvalue weighted by Gasteiger charge is 2.18. The second-order valence-corrected chi connectivity index (χ2v) is 5.22. The maximum atomic E-state index is 9.21. The zero-order valence-electron chi connectivity index (χ0n) is 10.2. The van der Waals surface area contributed by atoms with E-state index in [1.54, 1.807) is 4.68 Å². The molecule has 1 aromatic carbocycles. The van der Waals surface area contributed by atoms with Gasteiger partial charge in [-0.25, -0.2) is 4.68 Å². The van der Waals surface area contributed by atoms with Gasteiger partial charge in [0.05, 0.1) is 17.1 Å². The molecule has 0 aliphatic heterocycles. The smallest absolute Gasteiger partial charge is 0.167 e. The number of nitrogens with two attached hydrogens (primary N) is 1. The third-order valence-corrected chi connectivity index (χ3v) is 3.20. The first-order valence-electron chi connectivity index (χ1n) is 5.59. The summed E-state index contributed by atoms with van der Waals surface area (Å²) >= 11 is 3.38. The number of nitriles is 1. The van der Waals surface area contributed by atoms with Gasteiger partial charge in [0.25, 0.3) is 0 Å². The van der Waals surface area contributed by atoms with Crippen LogP contribution in [0.15, 0.2) is 28.7 Å². The van der Waals surface area contributed by atoms with Gasteiger partial charge >= 0.3 is 0 Å². The zero-order valence-corrected chi connectivity index (χ0v) is 11.8. The van der Waals surface area contributed by atoms with Gasteiger partial charge in [0.15, 0.2) is 5.69 Å². The van der Waals surface area contributed by atoms with Crippen LogP contribution in [0.2, 0.25) is 0 Å². The van der Waals surface area contributed by atoms with Crippen LogP contribution in [0.25, 0.3) is 5.69 Å². The molecule has 0 radical (unpaired) electrons. The number of hydrogen-bond donors (Lipinski definition) is 1. The van der Waals surface area contributed by atoms with E-state index < -0.39 is 0 Å². The first-order chi connectivity index (χ1) is 8.54. The lowest BCUT2D eigenvalue weighted by atomic mass is 10.1. The lowest BCUT2D eigenvalue weighted by molar-refractivity contribution is 0.766. The molecule has 0 aliphatic rings. The summed E-state index contributed by atoms with van der Waals surface area (Å²) in [5.41, 5.74) is 8.41. The van der Waals surface area contributed by atoms with Crippen molar-refractivity contribution in [3.63, 3.8) is 0 Å². The number of aromatic nitrogens is 2. The number of hydrogen-bond acceptors (Lipinski definition) is 3. The van der Waals surface area contributed by atoms with E-state index >= 15 is 0 Å². The predicted octanol–water partition coefficient (Wildman–Crippen LogP) is 3.21. The SMILES string of the molecule is CC(C)c1nn(-c2ccc(Br)cc2)c(C#N)c1N. The van der Waals surface area contributed by atoms with E-state index in [0.29, 0.717) is 11.4 Å². The second kappa shape index (κ2) is 4.83. The molecule has 0 saturated heterocycles. The molecule has 0 atom stereocenters. The van der Waals surface area contributed by atoms with Crippen molar-refractivity contribution in [3.8, 4) is 11.8 Å². The fourth-order valence-electron chi connectivity index (χ4n) is 1.75. The summed E-state index contributed by atoms with van der Waals surface area (Å²) in [6.07, 6.45) is 0. The lowest BCUT2D eigenvalue weighted by Gasteiger charge is -2.02. The van der Waals surface area contributed by atoms with Gasteiger partial charge in [0.1, 0.15) is 6.07 Å². The van der Waals surface area contributed by atoms with E-state index in [4.69, 9.17) is 5.73 Å². The quantitative estimate of drug-likeness (QED) is 0.926. The fourth-order valence-corrected chi connectivity index (χ4v) is 2.01. The van der Waals surface area contributed by atoms with Crippen LogP contribution in [0, 0.1) is 11.3 Å². The molecule has 1 heterocycles. The van der Waals surface area contributed by atoms with Gasteiger partial charge in [0, 0.05) is 4.47 Å². The molecule has 4 nitrogen and oxygen atoms in total. The Morgan fingerprint density at radius 2 is 1.94 bits per heavy atom. The molecule has 2 rings (SSSR count). The number of anilines is 1. The Labute approximate surface area is 114 Å². The van der Waals surface area contributed by atoms with Crippen molar-refractivity contribution in [2.45, 2.75) is 19.8 Å². The van der Waals surface area contributed by atoms with E-state index in [-0.39, 0.29) is 5.92 Å². The summed E-state index contributed by atoms with van der Waals surface area (Å²) in [5, 5.41) is 13.6. The summed E-state index contributed by atoms with van der Waals surface area (Å²) in [7, 11) is 0. The Balaban J connectivity index is 2.61. The average molecular weight is 305 g/mol. The largest absolute Gasteiger partial charge is 0.395 e. The topological polar surface area (TPSA) is 67.6 Å². The molecule has 18 heavy (non-hydrogen) atoms. The van der Waals surface area contributed by atoms with Crippen molar-refractivity contribution in [1.29, 1.82) is 5.26 Å². The van der Waals surface area contributed by atoms with Crippen LogP contribution >= 0.6 is 15.9 Å². The number of nitrogens with zero attached hydrogens (tertiary/aromatic N) is 3. The minimum absolute atomic E-state index is 0.189. The van der Waals surface area contributed by atoms with Crippen LogP contribution in [0.3, 0.4) is 0 Å². The molecule has 2 aromatic rings. The third-order valence-electron chi connectivity index (χ3n) is 2.67. The molecule has 0 fully saturated rings. The monoisotopic (exact) mass is 304 g/mol. The Morgan fingerprint density at radius 3 is 2.44 bits per heavy atom. The minimum atomic E-state index is 0.189. The summed E-state index contributed by atoms with van der Waals surface area (Å²) in [4.78, 5) is 0. The van der Waals surface area contributed by atoms with Crippen molar-refractivity contribution in [3.05, 3.63) is 40.1 Å². The molecule has 0 unspecified atom stereocenters. The van der Waals surface area contributed by atoms with Crippen LogP contribution in [-0.4, -0.2) is 9.78 Å². The van der Waals surface area contributed by atoms with Gasteiger partial charge in [0.2, 0.25) is 0 Å². The first-order valence-corrected chi connectivity index (χ1v) is 6.38. The zero-order chi connectivity index (χ0) is 13.3. The number of nitrogen functional groups attached to an aromatic ring is 1. The molecule has 1 aromatic heterocycles. The second-order valence-electron chi connectivity index (χ2n) is 4.30. The predicted molar refractivity (Wildman–Crippen MR) is 74.5 cm³/mol. The minimum Gasteiger partial charge on any atom is -0.395 e. The van der Waals surface area contributed by atoms with Crippen molar-refractivity contribution in [2.75, 3.05) is 5.73 Å². The van der Waals surface area contributed by atoms with E-state index in [1.165, 1.54) is 0 Å². The van der Waals surface area contributed by atoms with Crippen LogP contribution in [0.1, 0.15) is 31.2 Å². The average Bonchev–Trinajstić information content (AvgIpc) is 2.67. The number of halogens is 1. The van der Waals surface area contributed by atoms with Crippen molar-refractivity contribution < 1.29 is 0 Å². The molecule has 2 N–H and O–H groups in total. The van der Waals surface area contributed by atoms with Gasteiger partial charge < -0.3 is 5.73 Å². The van der Waals surface area contributed by atoms with Crippen molar-refractivity contribution >= 4 is 21.6 Å². The molecule has 0 spiro atoms. The van der Waals surface area contributed by atoms with Gasteiger partial charge in [-0.15, -0.1) is 0 Å². The molecular formula is C13H13BrN4. The summed E-state index contributed by atoms with van der Waals surface area (Å²) in [5.74, 6) is 0.189. The normalized spacial score (nSPS) is 10.6. The third kappa shape index (κ3) is 2.12. The molecule has 5 heteroatoms. The van der Waals surface area contributed by atoms with Crippen LogP contribution < -0.4 is 5.73 Å². The van der Waals surface area contributed by atoms with Crippen LogP contribution in [0.5, 0.6) is 0 Å². The Kier molecular flexibility index (Phi) is 3.39.